The fraction of sp³-hybridized carbons (Fsp3) is 0.375. The summed E-state index contributed by atoms with van der Waals surface area (Å²) in [5.41, 5.74) is 1.45. The summed E-state index contributed by atoms with van der Waals surface area (Å²) in [6.45, 7) is 3.62. The Kier molecular flexibility index (Phi) is 4.15. The fourth-order valence-electron chi connectivity index (χ4n) is 5.76. The van der Waals surface area contributed by atoms with Crippen molar-refractivity contribution < 1.29 is 29.0 Å². The van der Waals surface area contributed by atoms with E-state index in [1.54, 1.807) is 31.2 Å². The molecule has 4 aliphatic heterocycles. The molecule has 1 spiro atoms. The summed E-state index contributed by atoms with van der Waals surface area (Å²) in [7, 11) is 0. The highest BCUT2D eigenvalue weighted by atomic mass is 16.7. The molecule has 4 heterocycles. The van der Waals surface area contributed by atoms with Crippen molar-refractivity contribution in [3.8, 4) is 11.5 Å². The molecule has 0 aromatic heterocycles. The van der Waals surface area contributed by atoms with E-state index in [4.69, 9.17) is 9.47 Å². The van der Waals surface area contributed by atoms with Gasteiger partial charge in [-0.15, -0.1) is 0 Å². The van der Waals surface area contributed by atoms with E-state index < -0.39 is 41.3 Å². The Labute approximate surface area is 189 Å². The lowest BCUT2D eigenvalue weighted by atomic mass is 9.76. The molecule has 33 heavy (non-hydrogen) atoms. The van der Waals surface area contributed by atoms with Gasteiger partial charge in [-0.1, -0.05) is 24.3 Å². The van der Waals surface area contributed by atoms with Crippen LogP contribution < -0.4 is 20.1 Å². The van der Waals surface area contributed by atoms with Gasteiger partial charge in [-0.2, -0.15) is 0 Å². The number of hydrogen-bond acceptors (Lipinski definition) is 7. The number of para-hydroxylation sites is 1. The van der Waals surface area contributed by atoms with E-state index in [1.165, 1.54) is 4.90 Å². The van der Waals surface area contributed by atoms with E-state index >= 15 is 0 Å². The van der Waals surface area contributed by atoms with Gasteiger partial charge in [0.1, 0.15) is 5.54 Å². The van der Waals surface area contributed by atoms with Gasteiger partial charge in [0.05, 0.1) is 24.5 Å². The van der Waals surface area contributed by atoms with Gasteiger partial charge < -0.3 is 19.9 Å². The predicted molar refractivity (Wildman–Crippen MR) is 115 cm³/mol. The van der Waals surface area contributed by atoms with Crippen molar-refractivity contribution in [2.75, 3.05) is 12.1 Å². The number of carbonyl (C=O) groups excluding carboxylic acids is 3. The maximum Gasteiger partial charge on any atom is 0.250 e. The minimum absolute atomic E-state index is 0.0478. The summed E-state index contributed by atoms with van der Waals surface area (Å²) in [5, 5.41) is 16.6. The number of ether oxygens (including phenoxy) is 2. The highest BCUT2D eigenvalue weighted by Gasteiger charge is 2.71. The normalized spacial score (nSPS) is 30.1. The molecule has 9 nitrogen and oxygen atoms in total. The number of likely N-dealkylation sites (tertiary alicyclic amines) is 1. The number of fused-ring (bicyclic) bond motifs is 5. The van der Waals surface area contributed by atoms with E-state index in [9.17, 15) is 19.5 Å². The van der Waals surface area contributed by atoms with Crippen molar-refractivity contribution >= 4 is 23.4 Å². The molecule has 9 heteroatoms. The zero-order valence-corrected chi connectivity index (χ0v) is 18.1. The van der Waals surface area contributed by atoms with Crippen LogP contribution in [0.3, 0.4) is 0 Å². The van der Waals surface area contributed by atoms with E-state index in [0.717, 1.165) is 5.56 Å². The second kappa shape index (κ2) is 6.79. The van der Waals surface area contributed by atoms with Gasteiger partial charge in [0.15, 0.2) is 11.5 Å². The molecule has 5 unspecified atom stereocenters. The van der Waals surface area contributed by atoms with Crippen LogP contribution in [0.4, 0.5) is 5.69 Å². The van der Waals surface area contributed by atoms with Gasteiger partial charge >= 0.3 is 0 Å². The zero-order valence-electron chi connectivity index (χ0n) is 18.1. The minimum atomic E-state index is -1.41. The van der Waals surface area contributed by atoms with Gasteiger partial charge in [-0.3, -0.25) is 24.6 Å². The first-order valence-corrected chi connectivity index (χ1v) is 10.9. The van der Waals surface area contributed by atoms with Crippen LogP contribution in [-0.4, -0.2) is 46.7 Å². The largest absolute Gasteiger partial charge is 0.454 e. The second-order valence-electron chi connectivity index (χ2n) is 9.12. The van der Waals surface area contributed by atoms with E-state index in [2.05, 4.69) is 10.6 Å². The molecular formula is C24H23N3O6. The average Bonchev–Trinajstić information content (AvgIpc) is 3.51. The standard InChI is InChI=1S/C24H23N3O6/c1-11-4-3-5-14-19(11)25-23(31)24(14)18-17(20(26-24)12(2)28)21(29)27(22(18)30)9-13-6-7-15-16(8-13)33-10-32-15/h3-8,12,17-18,20,26,28H,9-10H2,1-2H3,(H,25,31). The number of aryl methyl sites for hydroxylation is 1. The molecule has 2 fully saturated rings. The maximum absolute atomic E-state index is 13.8. The molecule has 5 atom stereocenters. The summed E-state index contributed by atoms with van der Waals surface area (Å²) in [5.74, 6) is -1.84. The van der Waals surface area contributed by atoms with Crippen molar-refractivity contribution in [3.05, 3.63) is 53.1 Å². The number of aliphatic hydroxyl groups is 1. The Hall–Kier alpha value is -3.43. The van der Waals surface area contributed by atoms with Crippen molar-refractivity contribution in [2.45, 2.75) is 38.1 Å². The zero-order chi connectivity index (χ0) is 23.1. The minimum Gasteiger partial charge on any atom is -0.454 e. The highest BCUT2D eigenvalue weighted by Crippen LogP contribution is 2.54. The predicted octanol–water partition coefficient (Wildman–Crippen LogP) is 1.03. The lowest BCUT2D eigenvalue weighted by molar-refractivity contribution is -0.143. The van der Waals surface area contributed by atoms with Crippen LogP contribution in [0.5, 0.6) is 11.5 Å². The molecule has 0 aliphatic carbocycles. The highest BCUT2D eigenvalue weighted by molar-refractivity contribution is 6.15. The number of rotatable bonds is 3. The van der Waals surface area contributed by atoms with Gasteiger partial charge in [-0.05, 0) is 37.1 Å². The number of hydrogen-bond donors (Lipinski definition) is 3. The summed E-state index contributed by atoms with van der Waals surface area (Å²) < 4.78 is 10.7. The summed E-state index contributed by atoms with van der Waals surface area (Å²) >= 11 is 0. The summed E-state index contributed by atoms with van der Waals surface area (Å²) in [4.78, 5) is 41.9. The molecule has 0 radical (unpaired) electrons. The van der Waals surface area contributed by atoms with Crippen LogP contribution in [0, 0.1) is 18.8 Å². The number of nitrogens with one attached hydrogen (secondary N) is 2. The first-order chi connectivity index (χ1) is 15.8. The maximum atomic E-state index is 13.8. The van der Waals surface area contributed by atoms with E-state index in [1.807, 2.05) is 19.1 Å². The Morgan fingerprint density at radius 1 is 1.15 bits per heavy atom. The molecule has 2 aromatic rings. The summed E-state index contributed by atoms with van der Waals surface area (Å²) in [6, 6.07) is 10.0. The molecule has 4 aliphatic rings. The Bertz CT molecular complexity index is 1230. The molecule has 3 amide bonds. The Morgan fingerprint density at radius 2 is 1.94 bits per heavy atom. The van der Waals surface area contributed by atoms with Crippen molar-refractivity contribution in [2.24, 2.45) is 11.8 Å². The van der Waals surface area contributed by atoms with Gasteiger partial charge in [-0.25, -0.2) is 0 Å². The van der Waals surface area contributed by atoms with Gasteiger partial charge in [0, 0.05) is 17.3 Å². The van der Waals surface area contributed by atoms with Crippen molar-refractivity contribution in [3.63, 3.8) is 0 Å². The average molecular weight is 449 g/mol. The Balaban J connectivity index is 1.43. The number of amides is 3. The van der Waals surface area contributed by atoms with Gasteiger partial charge in [0.25, 0.3) is 0 Å². The molecular weight excluding hydrogens is 426 g/mol. The number of carbonyl (C=O) groups is 3. The SMILES string of the molecule is Cc1cccc2c1NC(=O)C21NC(C(C)O)C2C(=O)N(Cc3ccc4c(c3)OCO4)C(=O)C21. The molecule has 6 rings (SSSR count). The molecule has 2 aromatic carbocycles. The third-order valence-electron chi connectivity index (χ3n) is 7.28. The lowest BCUT2D eigenvalue weighted by Crippen LogP contribution is -2.54. The van der Waals surface area contributed by atoms with E-state index in [-0.39, 0.29) is 19.2 Å². The molecule has 0 bridgehead atoms. The third-order valence-corrected chi connectivity index (χ3v) is 7.28. The van der Waals surface area contributed by atoms with Crippen molar-refractivity contribution in [1.29, 1.82) is 0 Å². The van der Waals surface area contributed by atoms with Crippen LogP contribution in [0.15, 0.2) is 36.4 Å². The number of aliphatic hydroxyl groups excluding tert-OH is 1. The van der Waals surface area contributed by atoms with E-state index in [0.29, 0.717) is 28.3 Å². The van der Waals surface area contributed by atoms with Crippen LogP contribution in [0.2, 0.25) is 0 Å². The monoisotopic (exact) mass is 449 g/mol. The van der Waals surface area contributed by atoms with Gasteiger partial charge in [0.2, 0.25) is 24.5 Å². The number of benzene rings is 2. The lowest BCUT2D eigenvalue weighted by Gasteiger charge is -2.30. The number of nitrogens with zero attached hydrogens (tertiary/aromatic N) is 1. The number of anilines is 1. The van der Waals surface area contributed by atoms with Crippen LogP contribution in [0.25, 0.3) is 0 Å². The molecule has 2 saturated heterocycles. The first kappa shape index (κ1) is 20.2. The van der Waals surface area contributed by atoms with Crippen LogP contribution in [0.1, 0.15) is 23.6 Å². The van der Waals surface area contributed by atoms with Crippen LogP contribution in [-0.2, 0) is 26.5 Å². The first-order valence-electron chi connectivity index (χ1n) is 10.9. The fourth-order valence-corrected chi connectivity index (χ4v) is 5.76. The summed E-state index contributed by atoms with van der Waals surface area (Å²) in [6.07, 6.45) is -0.944. The second-order valence-corrected chi connectivity index (χ2v) is 9.12. The quantitative estimate of drug-likeness (QED) is 0.599. The van der Waals surface area contributed by atoms with Crippen molar-refractivity contribution in [1.82, 2.24) is 10.2 Å². The topological polar surface area (TPSA) is 117 Å². The molecule has 3 N–H and O–H groups in total. The molecule has 170 valence electrons. The third kappa shape index (κ3) is 2.57. The smallest absolute Gasteiger partial charge is 0.250 e. The molecule has 0 saturated carbocycles. The Morgan fingerprint density at radius 3 is 2.73 bits per heavy atom. The number of imide groups is 1. The van der Waals surface area contributed by atoms with Crippen LogP contribution >= 0.6 is 0 Å².